The molecule has 0 saturated carbocycles. The first-order chi connectivity index (χ1) is 5.61. The van der Waals surface area contributed by atoms with E-state index in [1.54, 1.807) is 32.0 Å². The fourth-order valence-corrected chi connectivity index (χ4v) is 0.594. The van der Waals surface area contributed by atoms with Crippen LogP contribution in [0.25, 0.3) is 0 Å². The van der Waals surface area contributed by atoms with Crippen molar-refractivity contribution in [2.45, 2.75) is 6.92 Å². The molecular weight excluding hydrogens is 156 g/mol. The van der Waals surface area contributed by atoms with Gasteiger partial charge in [-0.2, -0.15) is 5.26 Å². The number of hydrogen-bond acceptors (Lipinski definition) is 4. The van der Waals surface area contributed by atoms with Gasteiger partial charge in [-0.15, -0.1) is 0 Å². The summed E-state index contributed by atoms with van der Waals surface area (Å²) in [5.41, 5.74) is 0.0156. The molecule has 4 nitrogen and oxygen atoms in total. The van der Waals surface area contributed by atoms with Crippen LogP contribution in [0.15, 0.2) is 11.8 Å². The van der Waals surface area contributed by atoms with Crippen LogP contribution in [0.1, 0.15) is 6.92 Å². The maximum absolute atomic E-state index is 11.0. The third-order valence-electron chi connectivity index (χ3n) is 1.00. The molecule has 0 aliphatic carbocycles. The predicted molar refractivity (Wildman–Crippen MR) is 44.0 cm³/mol. The normalized spacial score (nSPS) is 10.3. The largest absolute Gasteiger partial charge is 0.462 e. The van der Waals surface area contributed by atoms with E-state index >= 15 is 0 Å². The topological polar surface area (TPSA) is 53.3 Å². The fourth-order valence-electron chi connectivity index (χ4n) is 0.594. The Bertz CT molecular complexity index is 226. The van der Waals surface area contributed by atoms with Crippen LogP contribution in [0, 0.1) is 11.3 Å². The Kier molecular flexibility index (Phi) is 4.54. The minimum atomic E-state index is -0.575. The van der Waals surface area contributed by atoms with E-state index in [1.165, 1.54) is 6.20 Å². The number of rotatable bonds is 3. The molecule has 0 atom stereocenters. The third kappa shape index (κ3) is 3.62. The zero-order valence-corrected chi connectivity index (χ0v) is 7.50. The summed E-state index contributed by atoms with van der Waals surface area (Å²) in [6.07, 6.45) is 1.43. The lowest BCUT2D eigenvalue weighted by molar-refractivity contribution is -0.138. The monoisotopic (exact) mass is 168 g/mol. The SMILES string of the molecule is CCOC(=O)/C(C#N)=C/N(C)C. The van der Waals surface area contributed by atoms with Gasteiger partial charge in [0.2, 0.25) is 0 Å². The molecule has 0 aliphatic heterocycles. The third-order valence-corrected chi connectivity index (χ3v) is 1.00. The van der Waals surface area contributed by atoms with Crippen LogP contribution in [0.2, 0.25) is 0 Å². The quantitative estimate of drug-likeness (QED) is 0.350. The lowest BCUT2D eigenvalue weighted by Crippen LogP contribution is -2.11. The lowest BCUT2D eigenvalue weighted by atomic mass is 10.3. The molecule has 0 fully saturated rings. The van der Waals surface area contributed by atoms with Gasteiger partial charge in [0.1, 0.15) is 6.07 Å². The summed E-state index contributed by atoms with van der Waals surface area (Å²) in [5.74, 6) is -0.575. The van der Waals surface area contributed by atoms with Gasteiger partial charge in [-0.3, -0.25) is 0 Å². The molecule has 0 heterocycles. The molecule has 0 bridgehead atoms. The molecule has 0 aromatic heterocycles. The minimum Gasteiger partial charge on any atom is -0.462 e. The summed E-state index contributed by atoms with van der Waals surface area (Å²) in [5, 5.41) is 8.53. The average Bonchev–Trinajstić information content (AvgIpc) is 2.00. The predicted octanol–water partition coefficient (Wildman–Crippen LogP) is 0.519. The first-order valence-corrected chi connectivity index (χ1v) is 3.57. The number of hydrogen-bond donors (Lipinski definition) is 0. The number of nitrogens with zero attached hydrogens (tertiary/aromatic N) is 2. The highest BCUT2D eigenvalue weighted by Crippen LogP contribution is 1.97. The van der Waals surface area contributed by atoms with Crippen LogP contribution in [0.3, 0.4) is 0 Å². The molecule has 12 heavy (non-hydrogen) atoms. The van der Waals surface area contributed by atoms with Crippen LogP contribution in [0.4, 0.5) is 0 Å². The Hall–Kier alpha value is -1.50. The van der Waals surface area contributed by atoms with Gasteiger partial charge < -0.3 is 9.64 Å². The standard InChI is InChI=1S/C8H12N2O2/c1-4-12-8(11)7(5-9)6-10(2)3/h6H,4H2,1-3H3/b7-6+. The first kappa shape index (κ1) is 10.5. The molecule has 0 N–H and O–H groups in total. The second-order valence-corrected chi connectivity index (χ2v) is 2.34. The molecule has 0 saturated heterocycles. The van der Waals surface area contributed by atoms with Crippen molar-refractivity contribution in [1.82, 2.24) is 4.90 Å². The second kappa shape index (κ2) is 5.19. The summed E-state index contributed by atoms with van der Waals surface area (Å²) >= 11 is 0. The molecule has 0 spiro atoms. The molecule has 0 aromatic carbocycles. The van der Waals surface area contributed by atoms with Crippen molar-refractivity contribution in [3.8, 4) is 6.07 Å². The van der Waals surface area contributed by atoms with E-state index in [0.29, 0.717) is 0 Å². The van der Waals surface area contributed by atoms with Crippen molar-refractivity contribution in [2.75, 3.05) is 20.7 Å². The van der Waals surface area contributed by atoms with E-state index in [0.717, 1.165) is 0 Å². The summed E-state index contributed by atoms with van der Waals surface area (Å²) in [6, 6.07) is 1.76. The van der Waals surface area contributed by atoms with Crippen LogP contribution < -0.4 is 0 Å². The van der Waals surface area contributed by atoms with Crippen molar-refractivity contribution >= 4 is 5.97 Å². The zero-order chi connectivity index (χ0) is 9.56. The van der Waals surface area contributed by atoms with Crippen LogP contribution in [-0.2, 0) is 9.53 Å². The van der Waals surface area contributed by atoms with Crippen molar-refractivity contribution in [3.63, 3.8) is 0 Å². The number of carbonyl (C=O) groups excluding carboxylic acids is 1. The fraction of sp³-hybridized carbons (Fsp3) is 0.500. The Morgan fingerprint density at radius 2 is 2.25 bits per heavy atom. The Labute approximate surface area is 72.0 Å². The highest BCUT2D eigenvalue weighted by Gasteiger charge is 2.08. The van der Waals surface area contributed by atoms with Gasteiger partial charge in [0.05, 0.1) is 6.61 Å². The second-order valence-electron chi connectivity index (χ2n) is 2.34. The lowest BCUT2D eigenvalue weighted by Gasteiger charge is -2.05. The first-order valence-electron chi connectivity index (χ1n) is 3.57. The van der Waals surface area contributed by atoms with Gasteiger partial charge in [-0.05, 0) is 6.92 Å². The van der Waals surface area contributed by atoms with Gasteiger partial charge in [0.15, 0.2) is 5.57 Å². The smallest absolute Gasteiger partial charge is 0.350 e. The summed E-state index contributed by atoms with van der Waals surface area (Å²) in [7, 11) is 3.47. The number of carbonyl (C=O) groups is 1. The van der Waals surface area contributed by atoms with E-state index in [4.69, 9.17) is 5.26 Å². The number of nitriles is 1. The van der Waals surface area contributed by atoms with Gasteiger partial charge in [0.25, 0.3) is 0 Å². The van der Waals surface area contributed by atoms with Crippen molar-refractivity contribution < 1.29 is 9.53 Å². The van der Waals surface area contributed by atoms with E-state index in [-0.39, 0.29) is 12.2 Å². The van der Waals surface area contributed by atoms with Gasteiger partial charge in [0, 0.05) is 20.3 Å². The maximum atomic E-state index is 11.0. The van der Waals surface area contributed by atoms with E-state index in [9.17, 15) is 4.79 Å². The Morgan fingerprint density at radius 3 is 2.58 bits per heavy atom. The average molecular weight is 168 g/mol. The highest BCUT2D eigenvalue weighted by molar-refractivity contribution is 5.92. The van der Waals surface area contributed by atoms with Crippen LogP contribution in [0.5, 0.6) is 0 Å². The van der Waals surface area contributed by atoms with Gasteiger partial charge >= 0.3 is 5.97 Å². The van der Waals surface area contributed by atoms with E-state index in [1.807, 2.05) is 0 Å². The summed E-state index contributed by atoms with van der Waals surface area (Å²) < 4.78 is 4.64. The number of esters is 1. The van der Waals surface area contributed by atoms with Gasteiger partial charge in [-0.1, -0.05) is 0 Å². The maximum Gasteiger partial charge on any atom is 0.350 e. The zero-order valence-electron chi connectivity index (χ0n) is 7.50. The Balaban J connectivity index is 4.37. The van der Waals surface area contributed by atoms with Gasteiger partial charge in [-0.25, -0.2) is 4.79 Å². The molecule has 0 rings (SSSR count). The van der Waals surface area contributed by atoms with Crippen molar-refractivity contribution in [2.24, 2.45) is 0 Å². The van der Waals surface area contributed by atoms with E-state index < -0.39 is 5.97 Å². The van der Waals surface area contributed by atoms with Crippen LogP contribution in [-0.4, -0.2) is 31.6 Å². The molecule has 0 unspecified atom stereocenters. The summed E-state index contributed by atoms with van der Waals surface area (Å²) in [6.45, 7) is 1.98. The van der Waals surface area contributed by atoms with Crippen LogP contribution >= 0.6 is 0 Å². The molecule has 0 radical (unpaired) electrons. The Morgan fingerprint density at radius 1 is 1.67 bits per heavy atom. The van der Waals surface area contributed by atoms with E-state index in [2.05, 4.69) is 4.74 Å². The minimum absolute atomic E-state index is 0.0156. The molecule has 0 amide bonds. The molecular formula is C8H12N2O2. The summed E-state index contributed by atoms with van der Waals surface area (Å²) in [4.78, 5) is 12.6. The van der Waals surface area contributed by atoms with Crippen molar-refractivity contribution in [1.29, 1.82) is 5.26 Å². The highest BCUT2D eigenvalue weighted by atomic mass is 16.5. The number of ether oxygens (including phenoxy) is 1. The van der Waals surface area contributed by atoms with Crippen molar-refractivity contribution in [3.05, 3.63) is 11.8 Å². The molecule has 66 valence electrons. The molecule has 4 heteroatoms. The molecule has 0 aliphatic rings. The molecule has 0 aromatic rings.